The molecule has 2 N–H and O–H groups in total. The lowest BCUT2D eigenvalue weighted by molar-refractivity contribution is 0.0846. The molecular formula is C16H13ClN2O4. The fourth-order valence-electron chi connectivity index (χ4n) is 2.09. The first-order valence-electron chi connectivity index (χ1n) is 6.90. The van der Waals surface area contributed by atoms with Gasteiger partial charge in [0.05, 0.1) is 5.02 Å². The number of carbonyl (C=O) groups excluding carboxylic acids is 2. The Morgan fingerprint density at radius 3 is 2.30 bits per heavy atom. The van der Waals surface area contributed by atoms with E-state index in [4.69, 9.17) is 21.1 Å². The molecule has 0 unspecified atom stereocenters. The Labute approximate surface area is 137 Å². The van der Waals surface area contributed by atoms with Gasteiger partial charge in [0.25, 0.3) is 11.8 Å². The molecule has 1 heterocycles. The maximum Gasteiger partial charge on any atom is 0.269 e. The predicted octanol–water partition coefficient (Wildman–Crippen LogP) is 2.19. The minimum absolute atomic E-state index is 0.257. The fraction of sp³-hybridized carbons (Fsp3) is 0.125. The lowest BCUT2D eigenvalue weighted by Gasteiger charge is -2.20. The third-order valence-corrected chi connectivity index (χ3v) is 3.47. The van der Waals surface area contributed by atoms with Crippen LogP contribution in [0.25, 0.3) is 0 Å². The molecule has 0 aromatic heterocycles. The Balaban J connectivity index is 1.69. The van der Waals surface area contributed by atoms with Gasteiger partial charge in [-0.3, -0.25) is 20.4 Å². The highest BCUT2D eigenvalue weighted by Gasteiger charge is 2.19. The normalized spacial score (nSPS) is 12.4. The molecule has 6 nitrogen and oxygen atoms in total. The number of benzene rings is 2. The first-order chi connectivity index (χ1) is 11.1. The lowest BCUT2D eigenvalue weighted by atomic mass is 10.2. The number of halogens is 1. The van der Waals surface area contributed by atoms with Gasteiger partial charge in [0, 0.05) is 11.1 Å². The van der Waals surface area contributed by atoms with E-state index in [1.807, 2.05) is 0 Å². The summed E-state index contributed by atoms with van der Waals surface area (Å²) in [7, 11) is 0. The number of ether oxygens (including phenoxy) is 2. The van der Waals surface area contributed by atoms with Crippen LogP contribution in [0.3, 0.4) is 0 Å². The second-order valence-corrected chi connectivity index (χ2v) is 5.16. The third kappa shape index (κ3) is 3.37. The van der Waals surface area contributed by atoms with Gasteiger partial charge in [0.15, 0.2) is 11.5 Å². The summed E-state index contributed by atoms with van der Waals surface area (Å²) in [4.78, 5) is 24.0. The van der Waals surface area contributed by atoms with Gasteiger partial charge in [0.1, 0.15) is 13.2 Å². The molecule has 1 aliphatic heterocycles. The summed E-state index contributed by atoms with van der Waals surface area (Å²) in [6.45, 7) is 0.796. The van der Waals surface area contributed by atoms with Crippen molar-refractivity contribution in [3.63, 3.8) is 0 Å². The molecule has 0 aliphatic carbocycles. The molecule has 0 spiro atoms. The van der Waals surface area contributed by atoms with Crippen LogP contribution in [0.15, 0.2) is 42.5 Å². The number of fused-ring (bicyclic) bond motifs is 1. The van der Waals surface area contributed by atoms with Crippen LogP contribution in [0, 0.1) is 0 Å². The number of carbonyl (C=O) groups is 2. The van der Waals surface area contributed by atoms with E-state index >= 15 is 0 Å². The molecule has 0 fully saturated rings. The highest BCUT2D eigenvalue weighted by Crippen LogP contribution is 2.38. The van der Waals surface area contributed by atoms with Crippen LogP contribution in [0.2, 0.25) is 5.02 Å². The number of hydrazine groups is 1. The smallest absolute Gasteiger partial charge is 0.269 e. The lowest BCUT2D eigenvalue weighted by Crippen LogP contribution is -2.41. The van der Waals surface area contributed by atoms with Crippen molar-refractivity contribution in [3.8, 4) is 11.5 Å². The van der Waals surface area contributed by atoms with E-state index in [-0.39, 0.29) is 10.6 Å². The van der Waals surface area contributed by atoms with Gasteiger partial charge in [-0.2, -0.15) is 0 Å². The third-order valence-electron chi connectivity index (χ3n) is 3.18. The Morgan fingerprint density at radius 2 is 1.57 bits per heavy atom. The Bertz CT molecular complexity index is 749. The largest absolute Gasteiger partial charge is 0.486 e. The topological polar surface area (TPSA) is 76.7 Å². The van der Waals surface area contributed by atoms with Crippen molar-refractivity contribution in [2.24, 2.45) is 0 Å². The van der Waals surface area contributed by atoms with Crippen LogP contribution >= 0.6 is 11.6 Å². The summed E-state index contributed by atoms with van der Waals surface area (Å²) < 4.78 is 10.8. The van der Waals surface area contributed by atoms with Crippen molar-refractivity contribution in [3.05, 3.63) is 58.6 Å². The van der Waals surface area contributed by atoms with E-state index in [1.165, 1.54) is 12.1 Å². The number of hydrogen-bond acceptors (Lipinski definition) is 4. The van der Waals surface area contributed by atoms with E-state index in [2.05, 4.69) is 10.9 Å². The molecule has 1 aliphatic rings. The van der Waals surface area contributed by atoms with Crippen molar-refractivity contribution >= 4 is 23.4 Å². The summed E-state index contributed by atoms with van der Waals surface area (Å²) in [5.74, 6) is -0.0955. The van der Waals surface area contributed by atoms with Crippen molar-refractivity contribution < 1.29 is 19.1 Å². The molecule has 2 aromatic rings. The zero-order valence-corrected chi connectivity index (χ0v) is 12.7. The predicted molar refractivity (Wildman–Crippen MR) is 83.8 cm³/mol. The summed E-state index contributed by atoms with van der Waals surface area (Å²) in [5, 5.41) is 0.279. The summed E-state index contributed by atoms with van der Waals surface area (Å²) in [6.07, 6.45) is 0. The number of amides is 2. The molecule has 3 rings (SSSR count). The molecule has 23 heavy (non-hydrogen) atoms. The van der Waals surface area contributed by atoms with Gasteiger partial charge in [-0.25, -0.2) is 0 Å². The Kier molecular flexibility index (Phi) is 4.34. The molecule has 0 saturated carbocycles. The molecule has 2 aromatic carbocycles. The molecular weight excluding hydrogens is 320 g/mol. The molecule has 0 bridgehead atoms. The van der Waals surface area contributed by atoms with Crippen LogP contribution < -0.4 is 20.3 Å². The zero-order chi connectivity index (χ0) is 16.2. The van der Waals surface area contributed by atoms with Gasteiger partial charge < -0.3 is 9.47 Å². The first kappa shape index (κ1) is 15.2. The van der Waals surface area contributed by atoms with E-state index in [1.54, 1.807) is 30.3 Å². The van der Waals surface area contributed by atoms with Crippen molar-refractivity contribution in [2.75, 3.05) is 13.2 Å². The van der Waals surface area contributed by atoms with Gasteiger partial charge in [-0.05, 0) is 24.3 Å². The van der Waals surface area contributed by atoms with Crippen LogP contribution in [-0.2, 0) is 0 Å². The average molecular weight is 333 g/mol. The summed E-state index contributed by atoms with van der Waals surface area (Å²) in [6, 6.07) is 11.5. The minimum atomic E-state index is -0.506. The van der Waals surface area contributed by atoms with Crippen molar-refractivity contribution in [2.45, 2.75) is 0 Å². The first-order valence-corrected chi connectivity index (χ1v) is 7.28. The van der Waals surface area contributed by atoms with Crippen LogP contribution in [-0.4, -0.2) is 25.0 Å². The molecule has 0 radical (unpaired) electrons. The Morgan fingerprint density at radius 1 is 0.913 bits per heavy atom. The fourth-order valence-corrected chi connectivity index (χ4v) is 2.35. The maximum absolute atomic E-state index is 12.1. The van der Waals surface area contributed by atoms with E-state index in [0.717, 1.165) is 0 Å². The summed E-state index contributed by atoms with van der Waals surface area (Å²) >= 11 is 6.08. The number of rotatable bonds is 2. The monoisotopic (exact) mass is 332 g/mol. The molecule has 7 heteroatoms. The standard InChI is InChI=1S/C16H13ClN2O4/c17-12-8-11(9-13-14(12)23-7-6-22-13)16(21)19-18-15(20)10-4-2-1-3-5-10/h1-5,8-9H,6-7H2,(H,18,20)(H,19,21). The SMILES string of the molecule is O=C(NNC(=O)c1cc(Cl)c2c(c1)OCCO2)c1ccccc1. The van der Waals surface area contributed by atoms with E-state index < -0.39 is 11.8 Å². The molecule has 2 amide bonds. The van der Waals surface area contributed by atoms with Crippen molar-refractivity contribution in [1.82, 2.24) is 10.9 Å². The van der Waals surface area contributed by atoms with Crippen molar-refractivity contribution in [1.29, 1.82) is 0 Å². The van der Waals surface area contributed by atoms with Crippen LogP contribution in [0.1, 0.15) is 20.7 Å². The van der Waals surface area contributed by atoms with Crippen LogP contribution in [0.4, 0.5) is 0 Å². The quantitative estimate of drug-likeness (QED) is 0.826. The molecule has 0 atom stereocenters. The van der Waals surface area contributed by atoms with E-state index in [9.17, 15) is 9.59 Å². The number of hydrogen-bond donors (Lipinski definition) is 2. The summed E-state index contributed by atoms with van der Waals surface area (Å²) in [5.41, 5.74) is 5.38. The average Bonchev–Trinajstić information content (AvgIpc) is 2.60. The maximum atomic E-state index is 12.1. The van der Waals surface area contributed by atoms with Gasteiger partial charge >= 0.3 is 0 Å². The zero-order valence-electron chi connectivity index (χ0n) is 12.0. The second kappa shape index (κ2) is 6.58. The molecule has 0 saturated heterocycles. The van der Waals surface area contributed by atoms with Crippen LogP contribution in [0.5, 0.6) is 11.5 Å². The second-order valence-electron chi connectivity index (χ2n) is 4.76. The van der Waals surface area contributed by atoms with Gasteiger partial charge in [-0.1, -0.05) is 29.8 Å². The highest BCUT2D eigenvalue weighted by atomic mass is 35.5. The number of nitrogens with one attached hydrogen (secondary N) is 2. The molecule has 118 valence electrons. The van der Waals surface area contributed by atoms with E-state index in [0.29, 0.717) is 30.3 Å². The minimum Gasteiger partial charge on any atom is -0.486 e. The highest BCUT2D eigenvalue weighted by molar-refractivity contribution is 6.32. The van der Waals surface area contributed by atoms with Gasteiger partial charge in [-0.15, -0.1) is 0 Å². The van der Waals surface area contributed by atoms with Gasteiger partial charge in [0.2, 0.25) is 0 Å². The Hall–Kier alpha value is -2.73.